The Balaban J connectivity index is 1.88. The molecule has 2 N–H and O–H groups in total. The smallest absolute Gasteiger partial charge is 0.410 e. The van der Waals surface area contributed by atoms with Gasteiger partial charge in [0.1, 0.15) is 5.60 Å². The molecular weight excluding hydrogens is 192 g/mol. The molecule has 2 bridgehead atoms. The monoisotopic (exact) mass is 212 g/mol. The molecule has 0 unspecified atom stereocenters. The molecule has 0 aromatic rings. The zero-order valence-corrected chi connectivity index (χ0v) is 9.69. The number of hydrogen-bond acceptors (Lipinski definition) is 3. The van der Waals surface area contributed by atoms with Gasteiger partial charge in [-0.05, 0) is 39.0 Å². The maximum absolute atomic E-state index is 11.7. The van der Waals surface area contributed by atoms with Crippen LogP contribution in [0.4, 0.5) is 4.79 Å². The second kappa shape index (κ2) is 3.37. The lowest BCUT2D eigenvalue weighted by Gasteiger charge is -2.51. The van der Waals surface area contributed by atoms with E-state index in [1.54, 1.807) is 4.90 Å². The van der Waals surface area contributed by atoms with Crippen LogP contribution < -0.4 is 5.73 Å². The molecule has 15 heavy (non-hydrogen) atoms. The lowest BCUT2D eigenvalue weighted by Crippen LogP contribution is -2.63. The highest BCUT2D eigenvalue weighted by Gasteiger charge is 2.46. The van der Waals surface area contributed by atoms with Crippen molar-refractivity contribution in [1.29, 1.82) is 0 Å². The summed E-state index contributed by atoms with van der Waals surface area (Å²) in [7, 11) is 0. The van der Waals surface area contributed by atoms with Crippen molar-refractivity contribution in [3.63, 3.8) is 0 Å². The standard InChI is InChI=1S/C11H20N2O2/c1-11(2,3)15-10(14)13-5-7-4-8(6-13)9(7)12/h7-9H,4-6,12H2,1-3H3/t7-,8-/m0/s1. The highest BCUT2D eigenvalue weighted by Crippen LogP contribution is 2.38. The highest BCUT2D eigenvalue weighted by molar-refractivity contribution is 5.68. The predicted octanol–water partition coefficient (Wildman–Crippen LogP) is 1.20. The predicted molar refractivity (Wildman–Crippen MR) is 57.4 cm³/mol. The van der Waals surface area contributed by atoms with Crippen molar-refractivity contribution < 1.29 is 9.53 Å². The maximum Gasteiger partial charge on any atom is 0.410 e. The Hall–Kier alpha value is -0.770. The van der Waals surface area contributed by atoms with Gasteiger partial charge < -0.3 is 15.4 Å². The quantitative estimate of drug-likeness (QED) is 0.656. The van der Waals surface area contributed by atoms with Crippen LogP contribution in [0.3, 0.4) is 0 Å². The van der Waals surface area contributed by atoms with Crippen LogP contribution >= 0.6 is 0 Å². The van der Waals surface area contributed by atoms with Crippen molar-refractivity contribution in [3.8, 4) is 0 Å². The van der Waals surface area contributed by atoms with E-state index in [1.807, 2.05) is 20.8 Å². The molecule has 4 nitrogen and oxygen atoms in total. The molecule has 2 aliphatic heterocycles. The maximum atomic E-state index is 11.7. The van der Waals surface area contributed by atoms with E-state index in [0.717, 1.165) is 13.1 Å². The minimum Gasteiger partial charge on any atom is -0.444 e. The Morgan fingerprint density at radius 1 is 1.33 bits per heavy atom. The lowest BCUT2D eigenvalue weighted by atomic mass is 9.67. The van der Waals surface area contributed by atoms with Crippen molar-refractivity contribution in [1.82, 2.24) is 4.90 Å². The molecule has 0 spiro atoms. The largest absolute Gasteiger partial charge is 0.444 e. The fourth-order valence-corrected chi connectivity index (χ4v) is 2.40. The van der Waals surface area contributed by atoms with Gasteiger partial charge in [-0.1, -0.05) is 0 Å². The van der Waals surface area contributed by atoms with Crippen LogP contribution in [0.2, 0.25) is 0 Å². The minimum atomic E-state index is -0.402. The number of fused-ring (bicyclic) bond motifs is 2. The summed E-state index contributed by atoms with van der Waals surface area (Å²) in [6.45, 7) is 7.21. The number of hydrogen-bond donors (Lipinski definition) is 1. The molecule has 4 heteroatoms. The number of amides is 1. The Kier molecular flexibility index (Phi) is 2.41. The molecule has 3 rings (SSSR count). The molecule has 1 amide bonds. The second-order valence-corrected chi connectivity index (χ2v) is 5.72. The Labute approximate surface area is 90.8 Å². The number of ether oxygens (including phenoxy) is 1. The second-order valence-electron chi connectivity index (χ2n) is 5.72. The van der Waals surface area contributed by atoms with Crippen molar-refractivity contribution >= 4 is 6.09 Å². The first-order valence-electron chi connectivity index (χ1n) is 5.60. The first-order chi connectivity index (χ1) is 6.87. The van der Waals surface area contributed by atoms with Crippen LogP contribution in [0, 0.1) is 11.8 Å². The Bertz CT molecular complexity index is 260. The first-order valence-corrected chi connectivity index (χ1v) is 5.60. The van der Waals surface area contributed by atoms with Gasteiger partial charge in [0.05, 0.1) is 0 Å². The van der Waals surface area contributed by atoms with E-state index in [9.17, 15) is 4.79 Å². The van der Waals surface area contributed by atoms with Gasteiger partial charge in [0.2, 0.25) is 0 Å². The average Bonchev–Trinajstić information content (AvgIpc) is 2.14. The molecular formula is C11H20N2O2. The molecule has 2 atom stereocenters. The summed E-state index contributed by atoms with van der Waals surface area (Å²) in [5, 5.41) is 0. The Morgan fingerprint density at radius 2 is 1.87 bits per heavy atom. The van der Waals surface area contributed by atoms with Crippen molar-refractivity contribution in [3.05, 3.63) is 0 Å². The third kappa shape index (κ3) is 2.09. The van der Waals surface area contributed by atoms with E-state index < -0.39 is 5.60 Å². The molecule has 2 saturated heterocycles. The van der Waals surface area contributed by atoms with Gasteiger partial charge in [0.25, 0.3) is 0 Å². The molecule has 2 heterocycles. The van der Waals surface area contributed by atoms with E-state index in [2.05, 4.69) is 0 Å². The van der Waals surface area contributed by atoms with Crippen LogP contribution in [0.5, 0.6) is 0 Å². The van der Waals surface area contributed by atoms with Crippen LogP contribution in [-0.4, -0.2) is 35.7 Å². The van der Waals surface area contributed by atoms with Gasteiger partial charge in [-0.25, -0.2) is 4.79 Å². The number of nitrogens with two attached hydrogens (primary N) is 1. The van der Waals surface area contributed by atoms with Gasteiger partial charge in [-0.3, -0.25) is 0 Å². The van der Waals surface area contributed by atoms with Gasteiger partial charge >= 0.3 is 6.09 Å². The molecule has 1 aliphatic carbocycles. The number of carbonyl (C=O) groups is 1. The van der Waals surface area contributed by atoms with Crippen molar-refractivity contribution in [2.24, 2.45) is 17.6 Å². The van der Waals surface area contributed by atoms with E-state index in [-0.39, 0.29) is 6.09 Å². The van der Waals surface area contributed by atoms with Crippen LogP contribution in [0.25, 0.3) is 0 Å². The molecule has 3 aliphatic rings. The number of nitrogens with zero attached hydrogens (tertiary/aromatic N) is 1. The number of carbonyl (C=O) groups excluding carboxylic acids is 1. The molecule has 86 valence electrons. The number of rotatable bonds is 0. The fourth-order valence-electron chi connectivity index (χ4n) is 2.40. The van der Waals surface area contributed by atoms with Crippen molar-refractivity contribution in [2.75, 3.05) is 13.1 Å². The normalized spacial score (nSPS) is 34.7. The lowest BCUT2D eigenvalue weighted by molar-refractivity contribution is -0.0265. The zero-order valence-electron chi connectivity index (χ0n) is 9.69. The van der Waals surface area contributed by atoms with E-state index in [1.165, 1.54) is 6.42 Å². The molecule has 3 fully saturated rings. The first kappa shape index (κ1) is 10.7. The highest BCUT2D eigenvalue weighted by atomic mass is 16.6. The van der Waals surface area contributed by atoms with E-state index in [0.29, 0.717) is 17.9 Å². The summed E-state index contributed by atoms with van der Waals surface area (Å²) in [5.74, 6) is 0.993. The summed E-state index contributed by atoms with van der Waals surface area (Å²) in [6.07, 6.45) is 0.990. The minimum absolute atomic E-state index is 0.191. The SMILES string of the molecule is CC(C)(C)OC(=O)N1C[C@@H]2C[C@@H](C1)C2N. The summed E-state index contributed by atoms with van der Waals surface area (Å²) < 4.78 is 5.33. The molecule has 0 aromatic carbocycles. The van der Waals surface area contributed by atoms with Gasteiger partial charge in [-0.2, -0.15) is 0 Å². The average molecular weight is 212 g/mol. The summed E-state index contributed by atoms with van der Waals surface area (Å²) in [4.78, 5) is 13.5. The summed E-state index contributed by atoms with van der Waals surface area (Å²) in [5.41, 5.74) is 5.54. The van der Waals surface area contributed by atoms with Crippen LogP contribution in [0.15, 0.2) is 0 Å². The van der Waals surface area contributed by atoms with Gasteiger partial charge in [-0.15, -0.1) is 0 Å². The summed E-state index contributed by atoms with van der Waals surface area (Å²) >= 11 is 0. The Morgan fingerprint density at radius 3 is 2.27 bits per heavy atom. The van der Waals surface area contributed by atoms with E-state index >= 15 is 0 Å². The number of piperidine rings is 2. The van der Waals surface area contributed by atoms with Crippen LogP contribution in [-0.2, 0) is 4.74 Å². The molecule has 0 aromatic heterocycles. The van der Waals surface area contributed by atoms with Gasteiger partial charge in [0.15, 0.2) is 0 Å². The fraction of sp³-hybridized carbons (Fsp3) is 0.909. The molecule has 1 saturated carbocycles. The third-order valence-corrected chi connectivity index (χ3v) is 3.26. The topological polar surface area (TPSA) is 55.6 Å². The van der Waals surface area contributed by atoms with Gasteiger partial charge in [0, 0.05) is 19.1 Å². The third-order valence-electron chi connectivity index (χ3n) is 3.26. The zero-order chi connectivity index (χ0) is 11.2. The van der Waals surface area contributed by atoms with Crippen LogP contribution in [0.1, 0.15) is 27.2 Å². The van der Waals surface area contributed by atoms with E-state index in [4.69, 9.17) is 10.5 Å². The summed E-state index contributed by atoms with van der Waals surface area (Å²) in [6, 6.07) is 0.309. The van der Waals surface area contributed by atoms with Crippen molar-refractivity contribution in [2.45, 2.75) is 38.8 Å². The molecule has 0 radical (unpaired) electrons.